The van der Waals surface area contributed by atoms with Gasteiger partial charge in [0.05, 0.1) is 0 Å². The van der Waals surface area contributed by atoms with Crippen LogP contribution < -0.4 is 5.73 Å². The largest absolute Gasteiger partial charge is 0.327 e. The van der Waals surface area contributed by atoms with Crippen LogP contribution in [0, 0.1) is 0 Å². The molecule has 0 bridgehead atoms. The molecule has 1 amide bonds. The van der Waals surface area contributed by atoms with Gasteiger partial charge in [0, 0.05) is 36.3 Å². The van der Waals surface area contributed by atoms with Crippen LogP contribution in [-0.4, -0.2) is 54.4 Å². The normalized spacial score (nSPS) is 22.8. The molecule has 5 nitrogen and oxygen atoms in total. The lowest BCUT2D eigenvalue weighted by Crippen LogP contribution is -2.51. The fraction of sp³-hybridized carbons (Fsp3) is 0.909. The van der Waals surface area contributed by atoms with E-state index < -0.39 is 15.2 Å². The zero-order valence-electron chi connectivity index (χ0n) is 11.0. The molecule has 0 aromatic carbocycles. The molecular weight excluding hydrogens is 272 g/mol. The van der Waals surface area contributed by atoms with E-state index in [-0.39, 0.29) is 24.1 Å². The van der Waals surface area contributed by atoms with Gasteiger partial charge in [-0.25, -0.2) is 8.42 Å². The van der Waals surface area contributed by atoms with Crippen LogP contribution in [0.15, 0.2) is 0 Å². The van der Waals surface area contributed by atoms with Crippen molar-refractivity contribution in [2.24, 2.45) is 5.73 Å². The average molecular weight is 294 g/mol. The van der Waals surface area contributed by atoms with Crippen LogP contribution >= 0.6 is 11.8 Å². The third kappa shape index (κ3) is 3.86. The van der Waals surface area contributed by atoms with E-state index in [1.165, 1.54) is 4.90 Å². The second kappa shape index (κ2) is 6.77. The zero-order valence-corrected chi connectivity index (χ0v) is 12.6. The highest BCUT2D eigenvalue weighted by Gasteiger charge is 2.35. The number of thioether (sulfide) groups is 1. The van der Waals surface area contributed by atoms with Crippen LogP contribution in [0.5, 0.6) is 0 Å². The van der Waals surface area contributed by atoms with Crippen molar-refractivity contribution in [2.75, 3.05) is 23.8 Å². The van der Waals surface area contributed by atoms with E-state index in [1.54, 1.807) is 18.7 Å². The first kappa shape index (κ1) is 15.8. The van der Waals surface area contributed by atoms with Crippen molar-refractivity contribution in [1.29, 1.82) is 0 Å². The number of carbonyl (C=O) groups is 1. The van der Waals surface area contributed by atoms with Gasteiger partial charge in [-0.3, -0.25) is 4.79 Å². The van der Waals surface area contributed by atoms with Crippen molar-refractivity contribution in [1.82, 2.24) is 4.90 Å². The summed E-state index contributed by atoms with van der Waals surface area (Å²) < 4.78 is 24.0. The highest BCUT2D eigenvalue weighted by atomic mass is 32.2. The topological polar surface area (TPSA) is 80.5 Å². The van der Waals surface area contributed by atoms with Gasteiger partial charge in [0.1, 0.15) is 5.37 Å². The first-order valence-corrected chi connectivity index (χ1v) is 9.13. The van der Waals surface area contributed by atoms with Crippen LogP contribution in [0.2, 0.25) is 0 Å². The molecule has 1 heterocycles. The minimum atomic E-state index is -3.21. The Morgan fingerprint density at radius 3 is 2.72 bits per heavy atom. The second-order valence-electron chi connectivity index (χ2n) is 4.44. The summed E-state index contributed by atoms with van der Waals surface area (Å²) in [5.74, 6) is 1.21. The van der Waals surface area contributed by atoms with Crippen LogP contribution in [0.4, 0.5) is 0 Å². The fourth-order valence-electron chi connectivity index (χ4n) is 1.84. The van der Waals surface area contributed by atoms with Gasteiger partial charge in [-0.1, -0.05) is 13.8 Å². The molecule has 0 radical (unpaired) electrons. The molecule has 2 atom stereocenters. The number of hydrogen-bond donors (Lipinski definition) is 1. The molecule has 18 heavy (non-hydrogen) atoms. The number of nitrogens with zero attached hydrogens (tertiary/aromatic N) is 1. The third-order valence-electron chi connectivity index (χ3n) is 3.18. The van der Waals surface area contributed by atoms with E-state index in [0.717, 1.165) is 12.2 Å². The molecule has 0 aromatic rings. The van der Waals surface area contributed by atoms with E-state index in [0.29, 0.717) is 12.3 Å². The van der Waals surface area contributed by atoms with Crippen LogP contribution in [0.3, 0.4) is 0 Å². The molecule has 1 aliphatic heterocycles. The number of hydrogen-bond acceptors (Lipinski definition) is 5. The van der Waals surface area contributed by atoms with Gasteiger partial charge in [0.15, 0.2) is 9.84 Å². The maximum Gasteiger partial charge on any atom is 0.225 e. The lowest BCUT2D eigenvalue weighted by Gasteiger charge is -2.35. The molecule has 7 heteroatoms. The van der Waals surface area contributed by atoms with Crippen molar-refractivity contribution in [3.05, 3.63) is 0 Å². The fourth-order valence-corrected chi connectivity index (χ4v) is 4.83. The van der Waals surface area contributed by atoms with Crippen molar-refractivity contribution >= 4 is 27.5 Å². The maximum absolute atomic E-state index is 12.1. The first-order valence-electron chi connectivity index (χ1n) is 6.26. The van der Waals surface area contributed by atoms with Crippen LogP contribution in [0.25, 0.3) is 0 Å². The molecule has 106 valence electrons. The first-order chi connectivity index (χ1) is 8.42. The minimum Gasteiger partial charge on any atom is -0.327 e. The van der Waals surface area contributed by atoms with Crippen LogP contribution in [-0.2, 0) is 14.6 Å². The number of sulfone groups is 1. The Kier molecular flexibility index (Phi) is 5.94. The van der Waals surface area contributed by atoms with Gasteiger partial charge >= 0.3 is 0 Å². The summed E-state index contributed by atoms with van der Waals surface area (Å²) >= 11 is 1.59. The highest BCUT2D eigenvalue weighted by molar-refractivity contribution is 8.01. The van der Waals surface area contributed by atoms with E-state index in [2.05, 4.69) is 0 Å². The van der Waals surface area contributed by atoms with Crippen molar-refractivity contribution in [3.8, 4) is 0 Å². The summed E-state index contributed by atoms with van der Waals surface area (Å²) in [5.41, 5.74) is 5.77. The molecule has 1 fully saturated rings. The molecule has 2 unspecified atom stereocenters. The van der Waals surface area contributed by atoms with Crippen molar-refractivity contribution in [2.45, 2.75) is 38.1 Å². The Bertz CT molecular complexity index is 384. The van der Waals surface area contributed by atoms with Crippen molar-refractivity contribution < 1.29 is 13.2 Å². The molecule has 1 aliphatic rings. The molecule has 1 rings (SSSR count). The monoisotopic (exact) mass is 294 g/mol. The Labute approximate surface area is 113 Å². The molecule has 0 saturated carbocycles. The molecule has 0 aromatic heterocycles. The number of amides is 1. The highest BCUT2D eigenvalue weighted by Crippen LogP contribution is 2.22. The van der Waals surface area contributed by atoms with Gasteiger partial charge < -0.3 is 10.6 Å². The van der Waals surface area contributed by atoms with E-state index in [1.807, 2.05) is 6.92 Å². The average Bonchev–Trinajstić information content (AvgIpc) is 2.38. The third-order valence-corrected chi connectivity index (χ3v) is 6.47. The van der Waals surface area contributed by atoms with Gasteiger partial charge in [0.2, 0.25) is 5.91 Å². The van der Waals surface area contributed by atoms with E-state index in [9.17, 15) is 13.2 Å². The smallest absolute Gasteiger partial charge is 0.225 e. The van der Waals surface area contributed by atoms with E-state index >= 15 is 0 Å². The molecular formula is C11H22N2O3S2. The van der Waals surface area contributed by atoms with Gasteiger partial charge in [-0.2, -0.15) is 11.8 Å². The lowest BCUT2D eigenvalue weighted by atomic mass is 10.1. The minimum absolute atomic E-state index is 0.0713. The molecule has 0 spiro atoms. The summed E-state index contributed by atoms with van der Waals surface area (Å²) in [4.78, 5) is 13.6. The summed E-state index contributed by atoms with van der Waals surface area (Å²) in [6.45, 7) is 4.04. The summed E-state index contributed by atoms with van der Waals surface area (Å²) in [6, 6.07) is -0.183. The Morgan fingerprint density at radius 1 is 1.50 bits per heavy atom. The number of carbonyl (C=O) groups excluding carboxylic acids is 1. The number of nitrogens with two attached hydrogens (primary N) is 1. The predicted molar refractivity (Wildman–Crippen MR) is 75.2 cm³/mol. The van der Waals surface area contributed by atoms with Gasteiger partial charge in [0.25, 0.3) is 0 Å². The summed E-state index contributed by atoms with van der Waals surface area (Å²) in [7, 11) is -3.21. The van der Waals surface area contributed by atoms with Gasteiger partial charge in [-0.05, 0) is 6.42 Å². The van der Waals surface area contributed by atoms with E-state index in [4.69, 9.17) is 5.73 Å². The van der Waals surface area contributed by atoms with Crippen LogP contribution in [0.1, 0.15) is 26.7 Å². The van der Waals surface area contributed by atoms with Crippen molar-refractivity contribution in [3.63, 3.8) is 0 Å². The standard InChI is InChI=1S/C11H22N2O3S2/c1-3-9(12)7-10(14)13-5-6-17-8-11(13)18(15,16)4-2/h9,11H,3-8,12H2,1-2H3. The Balaban J connectivity index is 2.80. The summed E-state index contributed by atoms with van der Waals surface area (Å²) in [6.07, 6.45) is 0.955. The van der Waals surface area contributed by atoms with Gasteiger partial charge in [-0.15, -0.1) is 0 Å². The molecule has 1 saturated heterocycles. The Hall–Kier alpha value is -0.270. The SMILES string of the molecule is CCC(N)CC(=O)N1CCSCC1S(=O)(=O)CC. The predicted octanol–water partition coefficient (Wildman–Crippen LogP) is 0.450. The Morgan fingerprint density at radius 2 is 2.17 bits per heavy atom. The lowest BCUT2D eigenvalue weighted by molar-refractivity contribution is -0.132. The quantitative estimate of drug-likeness (QED) is 0.796. The number of rotatable bonds is 5. The molecule has 0 aliphatic carbocycles. The zero-order chi connectivity index (χ0) is 13.8. The summed E-state index contributed by atoms with van der Waals surface area (Å²) in [5, 5.41) is -0.669. The second-order valence-corrected chi connectivity index (χ2v) is 8.04. The maximum atomic E-state index is 12.1. The molecule has 2 N–H and O–H groups in total.